The van der Waals surface area contributed by atoms with Crippen LogP contribution in [0.4, 0.5) is 21.9 Å². The molecule has 2 amide bonds. The summed E-state index contributed by atoms with van der Waals surface area (Å²) in [5, 5.41) is 11.4. The van der Waals surface area contributed by atoms with Crippen LogP contribution < -0.4 is 19.7 Å². The Morgan fingerprint density at radius 2 is 1.76 bits per heavy atom. The van der Waals surface area contributed by atoms with Crippen LogP contribution in [-0.2, 0) is 19.9 Å². The maximum Gasteiger partial charge on any atom is 0.414 e. The number of methoxy groups -OCH3 is 1. The van der Waals surface area contributed by atoms with Gasteiger partial charge in [0, 0.05) is 29.5 Å². The molecule has 9 heteroatoms. The topological polar surface area (TPSA) is 88.5 Å². The molecule has 3 aliphatic rings. The fourth-order valence-corrected chi connectivity index (χ4v) is 11.3. The zero-order valence-corrected chi connectivity index (χ0v) is 24.9. The molecule has 1 spiro atoms. The molecular weight excluding hydrogens is 536 g/mol. The van der Waals surface area contributed by atoms with E-state index in [0.29, 0.717) is 25.3 Å². The van der Waals surface area contributed by atoms with Crippen molar-refractivity contribution in [3.63, 3.8) is 0 Å². The first-order valence-corrected chi connectivity index (χ1v) is 17.2. The average molecular weight is 573 g/mol. The molecule has 3 aromatic rings. The van der Waals surface area contributed by atoms with E-state index in [1.165, 1.54) is 5.19 Å². The van der Waals surface area contributed by atoms with Gasteiger partial charge in [0.25, 0.3) is 5.91 Å². The summed E-state index contributed by atoms with van der Waals surface area (Å²) in [7, 11) is -0.632. The maximum absolute atomic E-state index is 14.8. The van der Waals surface area contributed by atoms with Crippen molar-refractivity contribution in [1.29, 1.82) is 0 Å². The van der Waals surface area contributed by atoms with Gasteiger partial charge in [-0.1, -0.05) is 55.5 Å². The third kappa shape index (κ3) is 4.17. The number of benzene rings is 3. The first-order valence-electron chi connectivity index (χ1n) is 14.2. The Kier molecular flexibility index (Phi) is 6.92. The van der Waals surface area contributed by atoms with E-state index in [0.717, 1.165) is 22.7 Å². The van der Waals surface area contributed by atoms with Crippen LogP contribution in [0.15, 0.2) is 72.8 Å². The second-order valence-electron chi connectivity index (χ2n) is 11.6. The smallest absolute Gasteiger partial charge is 0.414 e. The molecule has 0 aromatic heterocycles. The highest BCUT2D eigenvalue weighted by Gasteiger charge is 2.66. The van der Waals surface area contributed by atoms with Gasteiger partial charge in [0.15, 0.2) is 5.60 Å². The molecule has 3 aromatic carbocycles. The third-order valence-corrected chi connectivity index (χ3v) is 13.6. The predicted molar refractivity (Wildman–Crippen MR) is 160 cm³/mol. The van der Waals surface area contributed by atoms with Gasteiger partial charge in [-0.3, -0.25) is 14.6 Å². The van der Waals surface area contributed by atoms with Gasteiger partial charge in [-0.15, -0.1) is 0 Å². The van der Waals surface area contributed by atoms with E-state index < -0.39 is 19.8 Å². The minimum Gasteiger partial charge on any atom is -0.497 e. The second-order valence-corrected chi connectivity index (χ2v) is 16.3. The molecule has 3 heterocycles. The molecule has 0 unspecified atom stereocenters. The van der Waals surface area contributed by atoms with Gasteiger partial charge in [-0.05, 0) is 54.4 Å². The number of fused-ring (bicyclic) bond motifs is 2. The van der Waals surface area contributed by atoms with E-state index in [4.69, 9.17) is 14.2 Å². The van der Waals surface area contributed by atoms with Crippen LogP contribution in [0.25, 0.3) is 0 Å². The van der Waals surface area contributed by atoms with Gasteiger partial charge in [0.05, 0.1) is 33.5 Å². The summed E-state index contributed by atoms with van der Waals surface area (Å²) < 4.78 is 17.6. The lowest BCUT2D eigenvalue weighted by molar-refractivity contribution is -0.145. The molecule has 3 aliphatic heterocycles. The van der Waals surface area contributed by atoms with Crippen LogP contribution in [0.1, 0.15) is 18.9 Å². The highest BCUT2D eigenvalue weighted by molar-refractivity contribution is 6.91. The Hall–Kier alpha value is -3.66. The van der Waals surface area contributed by atoms with Crippen LogP contribution >= 0.6 is 0 Å². The summed E-state index contributed by atoms with van der Waals surface area (Å²) in [6.07, 6.45) is -0.297. The molecule has 0 bridgehead atoms. The molecule has 0 aliphatic carbocycles. The number of para-hydroxylation sites is 1. The number of ether oxygens (including phenoxy) is 3. The van der Waals surface area contributed by atoms with Crippen molar-refractivity contribution < 1.29 is 28.9 Å². The first kappa shape index (κ1) is 27.5. The maximum atomic E-state index is 14.8. The number of amides is 2. The molecule has 8 nitrogen and oxygen atoms in total. The quantitative estimate of drug-likeness (QED) is 0.404. The second kappa shape index (κ2) is 10.3. The Bertz CT molecular complexity index is 1460. The lowest BCUT2D eigenvalue weighted by Gasteiger charge is -2.37. The summed E-state index contributed by atoms with van der Waals surface area (Å²) in [4.78, 5) is 30.6. The summed E-state index contributed by atoms with van der Waals surface area (Å²) in [6.45, 7) is 7.48. The number of anilines is 3. The molecule has 6 rings (SSSR count). The molecule has 4 atom stereocenters. The van der Waals surface area contributed by atoms with Gasteiger partial charge in [0.2, 0.25) is 0 Å². The molecule has 41 heavy (non-hydrogen) atoms. The van der Waals surface area contributed by atoms with Crippen LogP contribution in [0.2, 0.25) is 18.6 Å². The highest BCUT2D eigenvalue weighted by Crippen LogP contribution is 2.61. The SMILES string of the molecule is COc1ccc([Si](C)(C)[C@H]2[C@H](CCO)O[C@@]3(C(=O)N(c4ccccc4)c4ccc(N5CCOC5=O)cc43)[C@@H]2C)cc1. The number of rotatable bonds is 7. The Balaban J connectivity index is 1.51. The molecule has 2 saturated heterocycles. The van der Waals surface area contributed by atoms with Crippen molar-refractivity contribution in [1.82, 2.24) is 0 Å². The van der Waals surface area contributed by atoms with Crippen LogP contribution in [0.3, 0.4) is 0 Å². The van der Waals surface area contributed by atoms with Crippen molar-refractivity contribution in [2.45, 2.75) is 43.7 Å². The number of carbonyl (C=O) groups is 2. The van der Waals surface area contributed by atoms with E-state index in [2.05, 4.69) is 32.2 Å². The summed E-state index contributed by atoms with van der Waals surface area (Å²) in [6, 6.07) is 23.5. The number of carbonyl (C=O) groups excluding carboxylic acids is 2. The summed E-state index contributed by atoms with van der Waals surface area (Å²) in [5.41, 5.74) is 1.69. The lowest BCUT2D eigenvalue weighted by atomic mass is 9.82. The zero-order chi connectivity index (χ0) is 28.9. The van der Waals surface area contributed by atoms with Gasteiger partial charge >= 0.3 is 6.09 Å². The van der Waals surface area contributed by atoms with E-state index in [9.17, 15) is 14.7 Å². The standard InChI is InChI=1S/C32H36N2O6Si/c1-21-29(41(3,4)25-13-11-24(38-2)12-14-25)28(16-18-35)40-32(21)26-20-23(33-17-19-39-31(33)37)10-15-27(26)34(30(32)36)22-8-6-5-7-9-22/h5-15,20-21,28-29,35H,16-19H2,1-4H3/t21-,28+,29-,32+/m1/s1. The van der Waals surface area contributed by atoms with Gasteiger partial charge in [0.1, 0.15) is 12.4 Å². The van der Waals surface area contributed by atoms with E-state index in [1.807, 2.05) is 60.7 Å². The van der Waals surface area contributed by atoms with Crippen molar-refractivity contribution in [2.24, 2.45) is 5.92 Å². The average Bonchev–Trinajstić information content (AvgIpc) is 3.62. The fraction of sp³-hybridized carbons (Fsp3) is 0.375. The van der Waals surface area contributed by atoms with Gasteiger partial charge in [-0.2, -0.15) is 0 Å². The largest absolute Gasteiger partial charge is 0.497 e. The van der Waals surface area contributed by atoms with Crippen molar-refractivity contribution in [3.05, 3.63) is 78.4 Å². The Morgan fingerprint density at radius 3 is 2.39 bits per heavy atom. The third-order valence-electron chi connectivity index (χ3n) is 9.23. The van der Waals surface area contributed by atoms with Crippen molar-refractivity contribution in [3.8, 4) is 5.75 Å². The molecular formula is C32H36N2O6Si. The summed E-state index contributed by atoms with van der Waals surface area (Å²) >= 11 is 0. The minimum atomic E-state index is -2.29. The predicted octanol–water partition coefficient (Wildman–Crippen LogP) is 4.93. The molecule has 1 N–H and O–H groups in total. The highest BCUT2D eigenvalue weighted by atomic mass is 28.3. The number of hydrogen-bond acceptors (Lipinski definition) is 6. The number of hydrogen-bond donors (Lipinski definition) is 1. The summed E-state index contributed by atoms with van der Waals surface area (Å²) in [5.74, 6) is 0.449. The van der Waals surface area contributed by atoms with Crippen molar-refractivity contribution >= 4 is 42.3 Å². The van der Waals surface area contributed by atoms with Crippen LogP contribution in [0, 0.1) is 5.92 Å². The molecule has 2 fully saturated rings. The van der Waals surface area contributed by atoms with Crippen molar-refractivity contribution in [2.75, 3.05) is 36.7 Å². The first-order chi connectivity index (χ1) is 19.7. The zero-order valence-electron chi connectivity index (χ0n) is 23.9. The molecule has 214 valence electrons. The van der Waals surface area contributed by atoms with E-state index in [1.54, 1.807) is 16.9 Å². The number of aliphatic hydroxyl groups excluding tert-OH is 1. The monoisotopic (exact) mass is 572 g/mol. The van der Waals surface area contributed by atoms with Gasteiger partial charge in [-0.25, -0.2) is 4.79 Å². The lowest BCUT2D eigenvalue weighted by Crippen LogP contribution is -2.51. The van der Waals surface area contributed by atoms with E-state index >= 15 is 0 Å². The van der Waals surface area contributed by atoms with Crippen LogP contribution in [-0.4, -0.2) is 58.2 Å². The Labute approximate surface area is 241 Å². The minimum absolute atomic E-state index is 0.0241. The normalized spacial score (nSPS) is 25.6. The number of nitrogens with zero attached hydrogens (tertiary/aromatic N) is 2. The fourth-order valence-electron chi connectivity index (χ4n) is 7.25. The number of cyclic esters (lactones) is 1. The van der Waals surface area contributed by atoms with Crippen LogP contribution in [0.5, 0.6) is 5.75 Å². The van der Waals surface area contributed by atoms with Gasteiger partial charge < -0.3 is 19.3 Å². The van der Waals surface area contributed by atoms with E-state index in [-0.39, 0.29) is 30.1 Å². The number of aliphatic hydroxyl groups is 1. The Morgan fingerprint density at radius 1 is 1.02 bits per heavy atom. The molecule has 0 radical (unpaired) electrons. The molecule has 0 saturated carbocycles.